The monoisotopic (exact) mass is 266 g/mol. The highest BCUT2D eigenvalue weighted by atomic mass is 16.5. The van der Waals surface area contributed by atoms with Gasteiger partial charge < -0.3 is 14.7 Å². The van der Waals surface area contributed by atoms with E-state index < -0.39 is 0 Å². The average Bonchev–Trinajstić information content (AvgIpc) is 2.70. The number of rotatable bonds is 3. The van der Waals surface area contributed by atoms with Crippen molar-refractivity contribution in [2.75, 3.05) is 20.1 Å². The van der Waals surface area contributed by atoms with E-state index in [4.69, 9.17) is 4.52 Å². The molecule has 0 saturated carbocycles. The van der Waals surface area contributed by atoms with Crippen LogP contribution < -0.4 is 10.6 Å². The molecule has 0 radical (unpaired) electrons. The second-order valence-corrected chi connectivity index (χ2v) is 4.73. The van der Waals surface area contributed by atoms with Crippen LogP contribution in [0, 0.1) is 13.8 Å². The van der Waals surface area contributed by atoms with Crippen LogP contribution in [0.25, 0.3) is 0 Å². The van der Waals surface area contributed by atoms with Gasteiger partial charge in [-0.15, -0.1) is 0 Å². The minimum Gasteiger partial charge on any atom is -0.361 e. The molecule has 0 aromatic carbocycles. The molecule has 1 aromatic rings. The summed E-state index contributed by atoms with van der Waals surface area (Å²) in [7, 11) is 1.73. The Kier molecular flexibility index (Phi) is 3.84. The summed E-state index contributed by atoms with van der Waals surface area (Å²) >= 11 is 0. The summed E-state index contributed by atoms with van der Waals surface area (Å²) in [6.45, 7) is 4.63. The summed E-state index contributed by atoms with van der Waals surface area (Å²) in [4.78, 5) is 24.9. The van der Waals surface area contributed by atoms with E-state index in [1.807, 2.05) is 13.8 Å². The molecule has 1 aliphatic heterocycles. The molecule has 2 rings (SSSR count). The largest absolute Gasteiger partial charge is 0.361 e. The molecular formula is C12H18N4O3. The van der Waals surface area contributed by atoms with Crippen LogP contribution >= 0.6 is 0 Å². The van der Waals surface area contributed by atoms with Gasteiger partial charge in [-0.3, -0.25) is 14.9 Å². The molecule has 1 aromatic heterocycles. The van der Waals surface area contributed by atoms with Crippen molar-refractivity contribution in [1.29, 1.82) is 0 Å². The minimum atomic E-state index is -0.372. The quantitative estimate of drug-likeness (QED) is 0.758. The lowest BCUT2D eigenvalue weighted by Gasteiger charge is -2.27. The molecule has 2 N–H and O–H groups in total. The second-order valence-electron chi connectivity index (χ2n) is 4.73. The Morgan fingerprint density at radius 2 is 2.26 bits per heavy atom. The maximum absolute atomic E-state index is 12.2. The van der Waals surface area contributed by atoms with Gasteiger partial charge in [0.25, 0.3) is 0 Å². The predicted molar refractivity (Wildman–Crippen MR) is 67.3 cm³/mol. The second kappa shape index (κ2) is 5.40. The van der Waals surface area contributed by atoms with Gasteiger partial charge >= 0.3 is 0 Å². The predicted octanol–water partition coefficient (Wildman–Crippen LogP) is -0.662. The molecule has 1 atom stereocenters. The Bertz CT molecular complexity index is 468. The smallest absolute Gasteiger partial charge is 0.241 e. The lowest BCUT2D eigenvalue weighted by atomic mass is 10.1. The van der Waals surface area contributed by atoms with Crippen molar-refractivity contribution in [1.82, 2.24) is 20.7 Å². The summed E-state index contributed by atoms with van der Waals surface area (Å²) < 4.78 is 5.07. The normalized spacial score (nSPS) is 19.1. The van der Waals surface area contributed by atoms with E-state index in [9.17, 15) is 9.59 Å². The highest BCUT2D eigenvalue weighted by Gasteiger charge is 2.27. The van der Waals surface area contributed by atoms with Crippen molar-refractivity contribution < 1.29 is 14.1 Å². The van der Waals surface area contributed by atoms with Crippen molar-refractivity contribution in [2.45, 2.75) is 26.4 Å². The van der Waals surface area contributed by atoms with Crippen LogP contribution in [0.2, 0.25) is 0 Å². The number of carbonyl (C=O) groups is 2. The zero-order chi connectivity index (χ0) is 14.0. The molecule has 1 fully saturated rings. The fraction of sp³-hybridized carbons (Fsp3) is 0.583. The van der Waals surface area contributed by atoms with Crippen LogP contribution in [0.15, 0.2) is 4.52 Å². The SMILES string of the molecule is Cc1noc(C)c1CN(C)C(=O)C1CNC(=O)CN1. The van der Waals surface area contributed by atoms with Crippen LogP contribution in [0.3, 0.4) is 0 Å². The fourth-order valence-electron chi connectivity index (χ4n) is 2.05. The van der Waals surface area contributed by atoms with Crippen LogP contribution in [-0.4, -0.2) is 48.0 Å². The number of aromatic nitrogens is 1. The maximum Gasteiger partial charge on any atom is 0.241 e. The van der Waals surface area contributed by atoms with E-state index in [-0.39, 0.29) is 24.4 Å². The summed E-state index contributed by atoms with van der Waals surface area (Å²) in [5, 5.41) is 9.45. The average molecular weight is 266 g/mol. The summed E-state index contributed by atoms with van der Waals surface area (Å²) in [5.41, 5.74) is 1.72. The van der Waals surface area contributed by atoms with Crippen molar-refractivity contribution in [3.8, 4) is 0 Å². The number of carbonyl (C=O) groups excluding carboxylic acids is 2. The first-order valence-electron chi connectivity index (χ1n) is 6.16. The number of piperazine rings is 1. The molecule has 7 nitrogen and oxygen atoms in total. The Morgan fingerprint density at radius 3 is 2.79 bits per heavy atom. The lowest BCUT2D eigenvalue weighted by Crippen LogP contribution is -2.58. The van der Waals surface area contributed by atoms with Crippen molar-refractivity contribution in [2.24, 2.45) is 0 Å². The van der Waals surface area contributed by atoms with Gasteiger partial charge in [-0.25, -0.2) is 0 Å². The molecule has 2 amide bonds. The number of nitrogens with zero attached hydrogens (tertiary/aromatic N) is 2. The first-order valence-corrected chi connectivity index (χ1v) is 6.16. The molecule has 1 saturated heterocycles. The zero-order valence-electron chi connectivity index (χ0n) is 11.3. The van der Waals surface area contributed by atoms with Crippen molar-refractivity contribution in [3.63, 3.8) is 0 Å². The van der Waals surface area contributed by atoms with E-state index >= 15 is 0 Å². The third kappa shape index (κ3) is 2.93. The van der Waals surface area contributed by atoms with Gasteiger partial charge in [-0.1, -0.05) is 5.16 Å². The van der Waals surface area contributed by atoms with Gasteiger partial charge in [0.1, 0.15) is 11.8 Å². The van der Waals surface area contributed by atoms with Gasteiger partial charge in [-0.2, -0.15) is 0 Å². The standard InChI is InChI=1S/C12H18N4O3/c1-7-9(8(2)19-15-7)6-16(3)12(18)10-4-14-11(17)5-13-10/h10,13H,4-6H2,1-3H3,(H,14,17). The fourth-order valence-corrected chi connectivity index (χ4v) is 2.05. The van der Waals surface area contributed by atoms with Crippen molar-refractivity contribution in [3.05, 3.63) is 17.0 Å². The first-order chi connectivity index (χ1) is 8.99. The molecule has 0 bridgehead atoms. The lowest BCUT2D eigenvalue weighted by molar-refractivity contribution is -0.134. The maximum atomic E-state index is 12.2. The van der Waals surface area contributed by atoms with Crippen LogP contribution in [0.1, 0.15) is 17.0 Å². The Hall–Kier alpha value is -1.89. The van der Waals surface area contributed by atoms with Gasteiger partial charge in [0.2, 0.25) is 11.8 Å². The number of hydrogen-bond acceptors (Lipinski definition) is 5. The third-order valence-electron chi connectivity index (χ3n) is 3.26. The highest BCUT2D eigenvalue weighted by molar-refractivity contribution is 5.86. The Labute approximate surface area is 111 Å². The van der Waals surface area contributed by atoms with Gasteiger partial charge in [0.05, 0.1) is 18.8 Å². The number of aryl methyl sites for hydroxylation is 2. The molecular weight excluding hydrogens is 248 g/mol. The zero-order valence-corrected chi connectivity index (χ0v) is 11.3. The molecule has 1 unspecified atom stereocenters. The summed E-state index contributed by atoms with van der Waals surface area (Å²) in [6.07, 6.45) is 0. The Balaban J connectivity index is 1.98. The van der Waals surface area contributed by atoms with E-state index in [1.165, 1.54) is 0 Å². The molecule has 1 aliphatic rings. The Morgan fingerprint density at radius 1 is 1.53 bits per heavy atom. The van der Waals surface area contributed by atoms with Gasteiger partial charge in [0, 0.05) is 19.2 Å². The highest BCUT2D eigenvalue weighted by Crippen LogP contribution is 2.14. The molecule has 104 valence electrons. The molecule has 19 heavy (non-hydrogen) atoms. The van der Waals surface area contributed by atoms with Crippen molar-refractivity contribution >= 4 is 11.8 Å². The molecule has 7 heteroatoms. The van der Waals surface area contributed by atoms with Crippen LogP contribution in [0.5, 0.6) is 0 Å². The van der Waals surface area contributed by atoms with E-state index in [2.05, 4.69) is 15.8 Å². The van der Waals surface area contributed by atoms with Crippen LogP contribution in [0.4, 0.5) is 0 Å². The molecule has 2 heterocycles. The van der Waals surface area contributed by atoms with Gasteiger partial charge in [-0.05, 0) is 13.8 Å². The molecule has 0 aliphatic carbocycles. The van der Waals surface area contributed by atoms with Crippen LogP contribution in [-0.2, 0) is 16.1 Å². The number of nitrogens with one attached hydrogen (secondary N) is 2. The van der Waals surface area contributed by atoms with E-state index in [1.54, 1.807) is 11.9 Å². The van der Waals surface area contributed by atoms with E-state index in [0.717, 1.165) is 17.0 Å². The summed E-state index contributed by atoms with van der Waals surface area (Å²) in [5.74, 6) is 0.583. The van der Waals surface area contributed by atoms with E-state index in [0.29, 0.717) is 13.1 Å². The van der Waals surface area contributed by atoms with Gasteiger partial charge in [0.15, 0.2) is 0 Å². The molecule has 0 spiro atoms. The number of amides is 2. The third-order valence-corrected chi connectivity index (χ3v) is 3.26. The number of likely N-dealkylation sites (N-methyl/N-ethyl adjacent to an activating group) is 1. The summed E-state index contributed by atoms with van der Waals surface area (Å²) in [6, 6.07) is -0.372. The number of hydrogen-bond donors (Lipinski definition) is 2. The minimum absolute atomic E-state index is 0.0556. The first kappa shape index (κ1) is 13.5. The topological polar surface area (TPSA) is 87.5 Å².